The number of hydrogen-bond acceptors (Lipinski definition) is 6. The minimum atomic E-state index is -0.352. The van der Waals surface area contributed by atoms with Gasteiger partial charge in [0.15, 0.2) is 5.15 Å². The second kappa shape index (κ2) is 5.78. The van der Waals surface area contributed by atoms with Crippen LogP contribution in [0.15, 0.2) is 12.3 Å². The third kappa shape index (κ3) is 2.76. The first kappa shape index (κ1) is 15.1. The Morgan fingerprint density at radius 2 is 2.18 bits per heavy atom. The molecule has 0 amide bonds. The summed E-state index contributed by atoms with van der Waals surface area (Å²) in [6, 6.07) is 1.89. The third-order valence-corrected chi connectivity index (χ3v) is 4.27. The molecule has 7 heteroatoms. The zero-order chi connectivity index (χ0) is 15.9. The quantitative estimate of drug-likeness (QED) is 0.931. The SMILES string of the molecule is COc1nc(C)ncc1-c1cc([C@H]2C[C@@H]2C(C)O)c(Cl)nn1. The summed E-state index contributed by atoms with van der Waals surface area (Å²) in [5.74, 6) is 1.53. The van der Waals surface area contributed by atoms with Gasteiger partial charge in [-0.15, -0.1) is 10.2 Å². The van der Waals surface area contributed by atoms with Crippen molar-refractivity contribution in [2.45, 2.75) is 32.3 Å². The van der Waals surface area contributed by atoms with Gasteiger partial charge in [-0.1, -0.05) is 11.6 Å². The molecule has 2 aromatic rings. The number of aliphatic hydroxyl groups is 1. The average molecular weight is 321 g/mol. The van der Waals surface area contributed by atoms with Crippen molar-refractivity contribution in [3.63, 3.8) is 0 Å². The largest absolute Gasteiger partial charge is 0.480 e. The average Bonchev–Trinajstić information content (AvgIpc) is 3.28. The first-order valence-electron chi connectivity index (χ1n) is 7.10. The summed E-state index contributed by atoms with van der Waals surface area (Å²) < 4.78 is 5.29. The van der Waals surface area contributed by atoms with Gasteiger partial charge in [0.25, 0.3) is 0 Å². The molecule has 116 valence electrons. The molecule has 1 unspecified atom stereocenters. The Morgan fingerprint density at radius 1 is 1.41 bits per heavy atom. The fourth-order valence-electron chi connectivity index (χ4n) is 2.67. The highest BCUT2D eigenvalue weighted by atomic mass is 35.5. The summed E-state index contributed by atoms with van der Waals surface area (Å²) >= 11 is 6.17. The monoisotopic (exact) mass is 320 g/mol. The Bertz CT molecular complexity index is 708. The van der Waals surface area contributed by atoms with E-state index in [-0.39, 0.29) is 17.9 Å². The maximum atomic E-state index is 9.69. The number of aliphatic hydroxyl groups excluding tert-OH is 1. The van der Waals surface area contributed by atoms with Gasteiger partial charge in [-0.05, 0) is 43.7 Å². The van der Waals surface area contributed by atoms with E-state index in [1.165, 1.54) is 0 Å². The molecule has 0 bridgehead atoms. The minimum Gasteiger partial charge on any atom is -0.480 e. The van der Waals surface area contributed by atoms with Crippen molar-refractivity contribution in [2.75, 3.05) is 7.11 Å². The minimum absolute atomic E-state index is 0.221. The van der Waals surface area contributed by atoms with Crippen LogP contribution in [0.5, 0.6) is 5.88 Å². The van der Waals surface area contributed by atoms with E-state index in [0.29, 0.717) is 28.1 Å². The van der Waals surface area contributed by atoms with Crippen molar-refractivity contribution in [1.29, 1.82) is 0 Å². The van der Waals surface area contributed by atoms with Gasteiger partial charge in [-0.25, -0.2) is 4.98 Å². The van der Waals surface area contributed by atoms with Crippen LogP contribution < -0.4 is 4.74 Å². The standard InChI is InChI=1S/C15H17ClN4O2/c1-7(21)9-4-10(9)11-5-13(19-20-14(11)16)12-6-17-8(2)18-15(12)22-3/h5-7,9-10,21H,4H2,1-3H3/t7?,9-,10+/m1/s1. The molecule has 0 aliphatic heterocycles. The maximum absolute atomic E-state index is 9.69. The van der Waals surface area contributed by atoms with Crippen molar-refractivity contribution in [1.82, 2.24) is 20.2 Å². The van der Waals surface area contributed by atoms with Crippen LogP contribution in [-0.4, -0.2) is 38.5 Å². The first-order chi connectivity index (χ1) is 10.5. The van der Waals surface area contributed by atoms with Gasteiger partial charge < -0.3 is 9.84 Å². The molecule has 0 aromatic carbocycles. The van der Waals surface area contributed by atoms with Crippen molar-refractivity contribution in [2.24, 2.45) is 5.92 Å². The highest BCUT2D eigenvalue weighted by Gasteiger charge is 2.43. The number of methoxy groups -OCH3 is 1. The summed E-state index contributed by atoms with van der Waals surface area (Å²) in [5.41, 5.74) is 2.19. The van der Waals surface area contributed by atoms with Crippen LogP contribution in [-0.2, 0) is 0 Å². The summed E-state index contributed by atoms with van der Waals surface area (Å²) in [5, 5.41) is 18.2. The zero-order valence-corrected chi connectivity index (χ0v) is 13.4. The van der Waals surface area contributed by atoms with Gasteiger partial charge in [-0.2, -0.15) is 4.98 Å². The van der Waals surface area contributed by atoms with Gasteiger partial charge in [0.2, 0.25) is 5.88 Å². The number of hydrogen-bond donors (Lipinski definition) is 1. The first-order valence-corrected chi connectivity index (χ1v) is 7.48. The van der Waals surface area contributed by atoms with Crippen LogP contribution in [0.25, 0.3) is 11.3 Å². The van der Waals surface area contributed by atoms with E-state index in [9.17, 15) is 5.11 Å². The Kier molecular flexibility index (Phi) is 3.97. The number of nitrogens with zero attached hydrogens (tertiary/aromatic N) is 4. The van der Waals surface area contributed by atoms with Crippen LogP contribution in [0.3, 0.4) is 0 Å². The van der Waals surface area contributed by atoms with Gasteiger partial charge in [0.05, 0.1) is 18.8 Å². The molecule has 3 atom stereocenters. The molecular weight excluding hydrogens is 304 g/mol. The van der Waals surface area contributed by atoms with Crippen molar-refractivity contribution in [3.05, 3.63) is 28.8 Å². The molecular formula is C15H17ClN4O2. The molecule has 1 saturated carbocycles. The van der Waals surface area contributed by atoms with Gasteiger partial charge in [0.1, 0.15) is 11.5 Å². The Hall–Kier alpha value is -1.79. The summed E-state index contributed by atoms with van der Waals surface area (Å²) in [4.78, 5) is 8.44. The predicted octanol–water partition coefficient (Wildman–Crippen LogP) is 2.39. The molecule has 1 N–H and O–H groups in total. The number of ether oxygens (including phenoxy) is 1. The number of aromatic nitrogens is 4. The van der Waals surface area contributed by atoms with Crippen molar-refractivity contribution < 1.29 is 9.84 Å². The molecule has 2 aromatic heterocycles. The lowest BCUT2D eigenvalue weighted by Gasteiger charge is -2.09. The lowest BCUT2D eigenvalue weighted by atomic mass is 10.1. The van der Waals surface area contributed by atoms with E-state index in [4.69, 9.17) is 16.3 Å². The molecule has 0 radical (unpaired) electrons. The summed E-state index contributed by atoms with van der Waals surface area (Å²) in [6.45, 7) is 3.59. The lowest BCUT2D eigenvalue weighted by molar-refractivity contribution is 0.169. The molecule has 1 aliphatic carbocycles. The highest BCUT2D eigenvalue weighted by Crippen LogP contribution is 2.51. The van der Waals surface area contributed by atoms with Crippen LogP contribution in [0.4, 0.5) is 0 Å². The number of rotatable bonds is 4. The maximum Gasteiger partial charge on any atom is 0.226 e. The fourth-order valence-corrected chi connectivity index (χ4v) is 2.90. The van der Waals surface area contributed by atoms with E-state index in [2.05, 4.69) is 20.2 Å². The highest BCUT2D eigenvalue weighted by molar-refractivity contribution is 6.30. The fraction of sp³-hybridized carbons (Fsp3) is 0.467. The van der Waals surface area contributed by atoms with E-state index in [0.717, 1.165) is 12.0 Å². The second-order valence-corrected chi connectivity index (χ2v) is 5.92. The van der Waals surface area contributed by atoms with E-state index in [1.54, 1.807) is 27.2 Å². The third-order valence-electron chi connectivity index (χ3n) is 3.98. The zero-order valence-electron chi connectivity index (χ0n) is 12.6. The predicted molar refractivity (Wildman–Crippen MR) is 81.9 cm³/mol. The molecule has 22 heavy (non-hydrogen) atoms. The molecule has 2 heterocycles. The molecule has 1 fully saturated rings. The molecule has 3 rings (SSSR count). The number of aryl methyl sites for hydroxylation is 1. The van der Waals surface area contributed by atoms with Gasteiger partial charge in [-0.3, -0.25) is 0 Å². The van der Waals surface area contributed by atoms with Crippen LogP contribution in [0.1, 0.15) is 30.7 Å². The summed E-state index contributed by atoms with van der Waals surface area (Å²) in [7, 11) is 1.56. The topological polar surface area (TPSA) is 81.0 Å². The van der Waals surface area contributed by atoms with Crippen LogP contribution in [0.2, 0.25) is 5.15 Å². The molecule has 6 nitrogen and oxygen atoms in total. The Labute approximate surface area is 133 Å². The lowest BCUT2D eigenvalue weighted by Crippen LogP contribution is -2.05. The molecule has 1 aliphatic rings. The van der Waals surface area contributed by atoms with Crippen LogP contribution in [0, 0.1) is 12.8 Å². The van der Waals surface area contributed by atoms with E-state index >= 15 is 0 Å². The van der Waals surface area contributed by atoms with Gasteiger partial charge in [0, 0.05) is 6.20 Å². The normalized spacial score (nSPS) is 21.5. The molecule has 0 spiro atoms. The molecule has 0 saturated heterocycles. The van der Waals surface area contributed by atoms with Gasteiger partial charge >= 0.3 is 0 Å². The van der Waals surface area contributed by atoms with E-state index in [1.807, 2.05) is 6.07 Å². The summed E-state index contributed by atoms with van der Waals surface area (Å²) in [6.07, 6.45) is 2.22. The second-order valence-electron chi connectivity index (χ2n) is 5.56. The Morgan fingerprint density at radius 3 is 2.82 bits per heavy atom. The van der Waals surface area contributed by atoms with Crippen molar-refractivity contribution in [3.8, 4) is 17.1 Å². The van der Waals surface area contributed by atoms with E-state index < -0.39 is 0 Å². The number of halogens is 1. The van der Waals surface area contributed by atoms with Crippen molar-refractivity contribution >= 4 is 11.6 Å². The smallest absolute Gasteiger partial charge is 0.226 e. The van der Waals surface area contributed by atoms with Crippen LogP contribution >= 0.6 is 11.6 Å². The Balaban J connectivity index is 2.00.